The van der Waals surface area contributed by atoms with Crippen molar-refractivity contribution in [2.24, 2.45) is 0 Å². The zero-order valence-corrected chi connectivity index (χ0v) is 11.9. The molecule has 0 aliphatic carbocycles. The van der Waals surface area contributed by atoms with Gasteiger partial charge in [0.15, 0.2) is 0 Å². The standard InChI is InChI=1S/C8H11N2O.C2H6.Y/c1-7-3-2-5-10-8(7)11-6-4-9;1-2;/h2-3,5,9H,4,6H2,1H3;1-2H3;/q-1;;. The van der Waals surface area contributed by atoms with Crippen LogP contribution in [0.15, 0.2) is 18.3 Å². The molecule has 1 aromatic rings. The Morgan fingerprint density at radius 2 is 2.07 bits per heavy atom. The van der Waals surface area contributed by atoms with Gasteiger partial charge in [-0.15, -0.1) is 6.54 Å². The topological polar surface area (TPSA) is 45.9 Å². The fourth-order valence-corrected chi connectivity index (χ4v) is 0.770. The van der Waals surface area contributed by atoms with Gasteiger partial charge in [0.1, 0.15) is 0 Å². The van der Waals surface area contributed by atoms with Gasteiger partial charge >= 0.3 is 0 Å². The van der Waals surface area contributed by atoms with E-state index in [0.717, 1.165) is 5.56 Å². The van der Waals surface area contributed by atoms with E-state index in [1.165, 1.54) is 0 Å². The first-order chi connectivity index (χ1) is 6.34. The number of ether oxygens (including phenoxy) is 1. The van der Waals surface area contributed by atoms with Crippen LogP contribution in [-0.4, -0.2) is 18.1 Å². The largest absolute Gasteiger partial charge is 0.675 e. The molecule has 0 aromatic carbocycles. The fourth-order valence-electron chi connectivity index (χ4n) is 0.770. The minimum Gasteiger partial charge on any atom is -0.675 e. The van der Waals surface area contributed by atoms with E-state index >= 15 is 0 Å². The third-order valence-corrected chi connectivity index (χ3v) is 1.30. The van der Waals surface area contributed by atoms with Gasteiger partial charge in [-0.3, -0.25) is 0 Å². The van der Waals surface area contributed by atoms with Crippen molar-refractivity contribution in [2.45, 2.75) is 20.8 Å². The molecule has 0 saturated carbocycles. The van der Waals surface area contributed by atoms with Crippen LogP contribution in [0.25, 0.3) is 5.73 Å². The molecule has 0 spiro atoms. The first-order valence-electron chi connectivity index (χ1n) is 4.53. The zero-order valence-electron chi connectivity index (χ0n) is 9.08. The van der Waals surface area contributed by atoms with Gasteiger partial charge in [0, 0.05) is 44.5 Å². The summed E-state index contributed by atoms with van der Waals surface area (Å²) in [6.45, 7) is 6.63. The van der Waals surface area contributed by atoms with Gasteiger partial charge < -0.3 is 10.5 Å². The molecule has 0 aliphatic heterocycles. The number of hydrogen-bond donors (Lipinski definition) is 0. The van der Waals surface area contributed by atoms with Crippen LogP contribution in [-0.2, 0) is 32.7 Å². The second-order valence-corrected chi connectivity index (χ2v) is 2.22. The number of aromatic nitrogens is 1. The minimum absolute atomic E-state index is 0. The van der Waals surface area contributed by atoms with E-state index in [0.29, 0.717) is 12.5 Å². The van der Waals surface area contributed by atoms with Gasteiger partial charge in [0.2, 0.25) is 5.88 Å². The van der Waals surface area contributed by atoms with Crippen molar-refractivity contribution in [1.29, 1.82) is 0 Å². The molecule has 77 valence electrons. The van der Waals surface area contributed by atoms with Crippen LogP contribution in [0.5, 0.6) is 5.88 Å². The Hall–Kier alpha value is 0.0139. The summed E-state index contributed by atoms with van der Waals surface area (Å²) in [6, 6.07) is 3.80. The van der Waals surface area contributed by atoms with Gasteiger partial charge in [0.05, 0.1) is 6.61 Å². The Kier molecular flexibility index (Phi) is 13.0. The molecular formula is C10H17N2OY-. The number of nitrogens with zero attached hydrogens (tertiary/aromatic N) is 1. The van der Waals surface area contributed by atoms with Crippen molar-refractivity contribution < 1.29 is 37.4 Å². The molecule has 0 unspecified atom stereocenters. The quantitative estimate of drug-likeness (QED) is 0.847. The maximum Gasteiger partial charge on any atom is 0.216 e. The van der Waals surface area contributed by atoms with E-state index in [4.69, 9.17) is 10.5 Å². The van der Waals surface area contributed by atoms with E-state index < -0.39 is 0 Å². The van der Waals surface area contributed by atoms with E-state index in [1.807, 2.05) is 32.9 Å². The molecule has 0 amide bonds. The first-order valence-corrected chi connectivity index (χ1v) is 4.53. The maximum absolute atomic E-state index is 6.87. The molecule has 0 saturated heterocycles. The van der Waals surface area contributed by atoms with Crippen LogP contribution in [0, 0.1) is 6.92 Å². The van der Waals surface area contributed by atoms with Gasteiger partial charge in [-0.2, -0.15) is 0 Å². The molecular weight excluding hydrogens is 253 g/mol. The summed E-state index contributed by atoms with van der Waals surface area (Å²) in [5.41, 5.74) is 7.88. The summed E-state index contributed by atoms with van der Waals surface area (Å²) in [5, 5.41) is 0. The molecule has 1 N–H and O–H groups in total. The van der Waals surface area contributed by atoms with Crippen LogP contribution >= 0.6 is 0 Å². The van der Waals surface area contributed by atoms with Crippen LogP contribution in [0.1, 0.15) is 19.4 Å². The van der Waals surface area contributed by atoms with E-state index in [1.54, 1.807) is 6.20 Å². The Bertz CT molecular complexity index is 231. The summed E-state index contributed by atoms with van der Waals surface area (Å²) in [4.78, 5) is 4.01. The molecule has 0 aliphatic rings. The summed E-state index contributed by atoms with van der Waals surface area (Å²) < 4.78 is 5.19. The predicted molar refractivity (Wildman–Crippen MR) is 55.0 cm³/mol. The zero-order chi connectivity index (χ0) is 10.1. The molecule has 1 heterocycles. The third-order valence-electron chi connectivity index (χ3n) is 1.30. The van der Waals surface area contributed by atoms with Crippen LogP contribution in [0.2, 0.25) is 0 Å². The number of hydrogen-bond acceptors (Lipinski definition) is 2. The summed E-state index contributed by atoms with van der Waals surface area (Å²) in [6.07, 6.45) is 1.69. The number of nitrogens with one attached hydrogen (secondary N) is 1. The molecule has 1 aromatic heterocycles. The molecule has 4 heteroatoms. The molecule has 0 bridgehead atoms. The first kappa shape index (κ1) is 16.4. The summed E-state index contributed by atoms with van der Waals surface area (Å²) >= 11 is 0. The van der Waals surface area contributed by atoms with Crippen molar-refractivity contribution in [3.63, 3.8) is 0 Å². The average molecular weight is 270 g/mol. The van der Waals surface area contributed by atoms with Crippen molar-refractivity contribution in [3.05, 3.63) is 29.6 Å². The smallest absolute Gasteiger partial charge is 0.216 e. The molecule has 14 heavy (non-hydrogen) atoms. The van der Waals surface area contributed by atoms with Gasteiger partial charge in [-0.25, -0.2) is 4.98 Å². The monoisotopic (exact) mass is 270 g/mol. The van der Waals surface area contributed by atoms with Crippen molar-refractivity contribution in [1.82, 2.24) is 4.98 Å². The van der Waals surface area contributed by atoms with Crippen molar-refractivity contribution in [2.75, 3.05) is 13.2 Å². The Morgan fingerprint density at radius 3 is 2.57 bits per heavy atom. The SMILES string of the molecule is CC.Cc1cccnc1OCC[NH-].[Y]. The van der Waals surface area contributed by atoms with Crippen LogP contribution < -0.4 is 4.74 Å². The van der Waals surface area contributed by atoms with Crippen LogP contribution in [0.4, 0.5) is 0 Å². The molecule has 3 nitrogen and oxygen atoms in total. The second kappa shape index (κ2) is 11.1. The van der Waals surface area contributed by atoms with Crippen LogP contribution in [0.3, 0.4) is 0 Å². The van der Waals surface area contributed by atoms with E-state index in [-0.39, 0.29) is 39.3 Å². The number of pyridine rings is 1. The van der Waals surface area contributed by atoms with Gasteiger partial charge in [-0.05, 0) is 13.0 Å². The molecule has 0 fully saturated rings. The van der Waals surface area contributed by atoms with E-state index in [9.17, 15) is 0 Å². The van der Waals surface area contributed by atoms with Gasteiger partial charge in [0.25, 0.3) is 0 Å². The maximum atomic E-state index is 6.87. The Balaban J connectivity index is 0. The Labute approximate surface area is 111 Å². The minimum atomic E-state index is 0. The normalized spacial score (nSPS) is 8.00. The van der Waals surface area contributed by atoms with Gasteiger partial charge in [-0.1, -0.05) is 19.9 Å². The number of aryl methyl sites for hydroxylation is 1. The van der Waals surface area contributed by atoms with Crippen molar-refractivity contribution in [3.8, 4) is 5.88 Å². The summed E-state index contributed by atoms with van der Waals surface area (Å²) in [5.74, 6) is 0.639. The summed E-state index contributed by atoms with van der Waals surface area (Å²) in [7, 11) is 0. The third kappa shape index (κ3) is 6.47. The Morgan fingerprint density at radius 1 is 1.43 bits per heavy atom. The average Bonchev–Trinajstić information content (AvgIpc) is 2.20. The number of rotatable bonds is 3. The molecule has 1 radical (unpaired) electrons. The molecule has 0 atom stereocenters. The second-order valence-electron chi connectivity index (χ2n) is 2.22. The fraction of sp³-hybridized carbons (Fsp3) is 0.500. The predicted octanol–water partition coefficient (Wildman–Crippen LogP) is 2.84. The van der Waals surface area contributed by atoms with E-state index in [2.05, 4.69) is 4.98 Å². The van der Waals surface area contributed by atoms with Crippen molar-refractivity contribution >= 4 is 0 Å². The molecule has 1 rings (SSSR count).